The van der Waals surface area contributed by atoms with Gasteiger partial charge in [-0.1, -0.05) is 196 Å². The van der Waals surface area contributed by atoms with Gasteiger partial charge in [-0.2, -0.15) is 0 Å². The van der Waals surface area contributed by atoms with Gasteiger partial charge in [0.2, 0.25) is 0 Å². The molecular weight excluding hydrogens is 1410 g/mol. The molecule has 0 bridgehead atoms. The zero-order valence-corrected chi connectivity index (χ0v) is 71.4. The predicted molar refractivity (Wildman–Crippen MR) is 446 cm³/mol. The summed E-state index contributed by atoms with van der Waals surface area (Å²) in [4.78, 5) is 85.3. The number of amides is 6. The molecule has 8 heterocycles. The van der Waals surface area contributed by atoms with Crippen molar-refractivity contribution >= 4 is 32.6 Å². The summed E-state index contributed by atoms with van der Waals surface area (Å²) in [6, 6.07) is 41.6. The molecule has 12 rings (SSSR count). The van der Waals surface area contributed by atoms with E-state index in [0.717, 1.165) is 105 Å². The Bertz CT molecular complexity index is 3960. The average Bonchev–Trinajstić information content (AvgIpc) is 1.67. The molecule has 6 aliphatic rings. The Balaban J connectivity index is 0.000000222. The van der Waals surface area contributed by atoms with Crippen LogP contribution in [0.2, 0.25) is 18.1 Å². The molecule has 6 saturated heterocycles. The minimum atomic E-state index is -2.29. The van der Waals surface area contributed by atoms with Crippen LogP contribution in [0.5, 0.6) is 0 Å². The normalized spacial score (nSPS) is 21.0. The van der Waals surface area contributed by atoms with Crippen LogP contribution in [0.1, 0.15) is 203 Å². The number of likely N-dealkylation sites (tertiary alicyclic amines) is 6. The molecule has 2 aromatic heterocycles. The second-order valence-electron chi connectivity index (χ2n) is 38.2. The zero-order chi connectivity index (χ0) is 79.8. The highest BCUT2D eigenvalue weighted by molar-refractivity contribution is 6.74. The van der Waals surface area contributed by atoms with E-state index >= 15 is 9.59 Å². The van der Waals surface area contributed by atoms with E-state index in [0.29, 0.717) is 64.4 Å². The lowest BCUT2D eigenvalue weighted by Gasteiger charge is -2.46. The van der Waals surface area contributed by atoms with Gasteiger partial charge in [0.25, 0.3) is 0 Å². The zero-order valence-electron chi connectivity index (χ0n) is 70.4. The van der Waals surface area contributed by atoms with E-state index in [9.17, 15) is 14.7 Å². The van der Waals surface area contributed by atoms with Crippen molar-refractivity contribution in [3.05, 3.63) is 156 Å². The first-order chi connectivity index (χ1) is 52.5. The maximum atomic E-state index is 15.6. The Morgan fingerprint density at radius 1 is 0.459 bits per heavy atom. The molecule has 6 fully saturated rings. The summed E-state index contributed by atoms with van der Waals surface area (Å²) in [5.41, 5.74) is 4.00. The largest absolute Gasteiger partial charge is 0.444 e. The van der Waals surface area contributed by atoms with Crippen molar-refractivity contribution in [1.29, 1.82) is 0 Å². The van der Waals surface area contributed by atoms with Crippen LogP contribution in [-0.4, -0.2) is 223 Å². The standard InChI is InChI=1S/C48H74N6O4Si.C42H60N6O4/c1-46(2,3)42(43-49-40(37-23-17-13-18-24-37)34-52(43)31-36-21-15-12-16-22-36)54(44(55)51-29-25-39(26-30-51)50-27-19-14-20-28-50)33-38-32-53(45(56)57-47(4,5)6)35-41(38)58-59(10,11)48(7,8)9;1-41(2,3)37(38-43-35(32-18-12-8-13-19-32)29-46(38)26-31-16-10-7-11-17-31)48(28-33-27-47(30-36(33)49)40(51)52-42(4,5)6)39(50)45-24-20-34(21-25-45)44-22-14-9-15-23-44/h12-13,15-18,21-24,34,38-39,41-42H,14,19-20,25-33,35H2,1-11H3;7-8,10-13,16-19,29,33-34,36-37,49H,9,14-15,20-28,30H2,1-6H3/t38-,41+,42+;33-,36+,37+/m11/s1. The summed E-state index contributed by atoms with van der Waals surface area (Å²) in [5.74, 6) is 1.18. The van der Waals surface area contributed by atoms with E-state index < -0.39 is 48.6 Å². The molecule has 20 nitrogen and oxygen atoms in total. The van der Waals surface area contributed by atoms with Crippen LogP contribution in [0, 0.1) is 22.7 Å². The van der Waals surface area contributed by atoms with Crippen LogP contribution in [0.15, 0.2) is 134 Å². The van der Waals surface area contributed by atoms with Gasteiger partial charge in [-0.05, 0) is 159 Å². The first kappa shape index (κ1) is 84.3. The lowest BCUT2D eigenvalue weighted by atomic mass is 9.84. The predicted octanol–water partition coefficient (Wildman–Crippen LogP) is 17.6. The molecule has 6 amide bonds. The Hall–Kier alpha value is -7.56. The van der Waals surface area contributed by atoms with Crippen molar-refractivity contribution in [2.75, 3.05) is 91.6 Å². The van der Waals surface area contributed by atoms with Crippen LogP contribution in [-0.2, 0) is 27.0 Å². The molecule has 606 valence electrons. The molecule has 0 spiro atoms. The number of rotatable bonds is 18. The molecule has 0 aliphatic carbocycles. The Morgan fingerprint density at radius 3 is 1.17 bits per heavy atom. The van der Waals surface area contributed by atoms with E-state index in [4.69, 9.17) is 23.9 Å². The summed E-state index contributed by atoms with van der Waals surface area (Å²) in [5, 5.41) is 11.4. The SMILES string of the molecule is CC(C)(C)OC(=O)N1C[C@H](CN(C(=O)N2CCC(N3CCCCC3)CC2)[C@@H](c2nc(-c3ccccc3)cn2Cc2ccccc2)C(C)(C)C)[C@@H](O)C1.CC(C)(C)OC(=O)N1C[C@H](CN(C(=O)N2CCC(N3CCCCC3)CC2)[C@@H](c2nc(-c3ccccc3)cn2Cc2ccccc2)C(C)(C)C)[C@@H](O[Si](C)(C)C(C)(C)C)C1. The molecule has 6 atom stereocenters. The van der Waals surface area contributed by atoms with Crippen molar-refractivity contribution in [3.63, 3.8) is 0 Å². The second-order valence-corrected chi connectivity index (χ2v) is 43.0. The van der Waals surface area contributed by atoms with E-state index in [1.165, 1.54) is 44.1 Å². The van der Waals surface area contributed by atoms with E-state index in [-0.39, 0.29) is 60.3 Å². The Kier molecular flexibility index (Phi) is 27.3. The highest BCUT2D eigenvalue weighted by atomic mass is 28.4. The number of ether oxygens (including phenoxy) is 2. The van der Waals surface area contributed by atoms with Gasteiger partial charge in [0.1, 0.15) is 22.9 Å². The number of hydrogen-bond acceptors (Lipinski definition) is 12. The van der Waals surface area contributed by atoms with Crippen LogP contribution in [0.25, 0.3) is 22.5 Å². The number of imidazole rings is 2. The number of carbonyl (C=O) groups excluding carboxylic acids is 4. The van der Waals surface area contributed by atoms with Gasteiger partial charge in [0.05, 0.1) is 42.2 Å². The molecule has 6 aliphatic heterocycles. The molecule has 21 heteroatoms. The number of urea groups is 2. The molecule has 111 heavy (non-hydrogen) atoms. The maximum absolute atomic E-state index is 15.6. The topological polar surface area (TPSA) is 178 Å². The number of aliphatic hydroxyl groups is 1. The van der Waals surface area contributed by atoms with Gasteiger partial charge in [0, 0.05) is 119 Å². The quantitative estimate of drug-likeness (QED) is 0.0807. The van der Waals surface area contributed by atoms with E-state index in [1.807, 2.05) is 105 Å². The molecule has 1 N–H and O–H groups in total. The van der Waals surface area contributed by atoms with Gasteiger partial charge < -0.3 is 67.3 Å². The number of nitrogens with zero attached hydrogens (tertiary/aromatic N) is 12. The first-order valence-corrected chi connectivity index (χ1v) is 44.6. The van der Waals surface area contributed by atoms with Crippen molar-refractivity contribution in [3.8, 4) is 22.5 Å². The molecule has 6 aromatic rings. The fourth-order valence-corrected chi connectivity index (χ4v) is 18.5. The average molecular weight is 1540 g/mol. The number of β-amino-alcohol motifs (C(OH)–C–C–N with tert-alkyl or cyclic N) is 1. The van der Waals surface area contributed by atoms with Crippen molar-refractivity contribution < 1.29 is 38.2 Å². The Morgan fingerprint density at radius 2 is 0.811 bits per heavy atom. The summed E-state index contributed by atoms with van der Waals surface area (Å²) >= 11 is 0. The number of carbonyl (C=O) groups is 4. The minimum Gasteiger partial charge on any atom is -0.444 e. The summed E-state index contributed by atoms with van der Waals surface area (Å²) in [6.45, 7) is 46.5. The van der Waals surface area contributed by atoms with Gasteiger partial charge >= 0.3 is 24.2 Å². The summed E-state index contributed by atoms with van der Waals surface area (Å²) < 4.78 is 23.3. The lowest BCUT2D eigenvalue weighted by molar-refractivity contribution is 0.0260. The van der Waals surface area contributed by atoms with Gasteiger partial charge in [-0.3, -0.25) is 0 Å². The van der Waals surface area contributed by atoms with Crippen molar-refractivity contribution in [1.82, 2.24) is 58.3 Å². The molecule has 4 aromatic carbocycles. The van der Waals surface area contributed by atoms with Gasteiger partial charge in [-0.25, -0.2) is 29.1 Å². The van der Waals surface area contributed by atoms with Gasteiger partial charge in [0.15, 0.2) is 8.32 Å². The third kappa shape index (κ3) is 22.1. The fourth-order valence-electron chi connectivity index (χ4n) is 17.2. The second kappa shape index (κ2) is 35.9. The third-order valence-corrected chi connectivity index (χ3v) is 28.4. The highest BCUT2D eigenvalue weighted by Gasteiger charge is 2.50. The number of piperidine rings is 4. The number of aliphatic hydroxyl groups excluding tert-OH is 1. The lowest BCUT2D eigenvalue weighted by Crippen LogP contribution is -2.55. The highest BCUT2D eigenvalue weighted by Crippen LogP contribution is 2.46. The smallest absolute Gasteiger partial charge is 0.410 e. The summed E-state index contributed by atoms with van der Waals surface area (Å²) in [6.07, 6.45) is 14.0. The number of aromatic nitrogens is 4. The van der Waals surface area contributed by atoms with Crippen molar-refractivity contribution in [2.24, 2.45) is 22.7 Å². The van der Waals surface area contributed by atoms with E-state index in [1.54, 1.807) is 4.90 Å². The van der Waals surface area contributed by atoms with Crippen LogP contribution in [0.3, 0.4) is 0 Å². The Labute approximate surface area is 665 Å². The number of hydrogen-bond donors (Lipinski definition) is 1. The van der Waals surface area contributed by atoms with Crippen LogP contribution >= 0.6 is 0 Å². The minimum absolute atomic E-state index is 0.0320. The van der Waals surface area contributed by atoms with E-state index in [2.05, 4.69) is 189 Å². The third-order valence-electron chi connectivity index (χ3n) is 23.9. The first-order valence-electron chi connectivity index (χ1n) is 41.7. The molecule has 0 radical (unpaired) electrons. The molecule has 0 unspecified atom stereocenters. The molecule has 0 saturated carbocycles. The summed E-state index contributed by atoms with van der Waals surface area (Å²) in [7, 11) is -2.29. The maximum Gasteiger partial charge on any atom is 0.410 e. The fraction of sp³-hybridized carbons (Fsp3) is 0.622. The van der Waals surface area contributed by atoms with Crippen molar-refractivity contribution in [2.45, 2.75) is 247 Å². The van der Waals surface area contributed by atoms with Gasteiger partial charge in [-0.15, -0.1) is 0 Å². The monoisotopic (exact) mass is 1540 g/mol. The number of benzene rings is 4. The van der Waals surface area contributed by atoms with Crippen LogP contribution in [0.4, 0.5) is 19.2 Å². The molecular formula is C90H134N12O8Si. The van der Waals surface area contributed by atoms with Crippen LogP contribution < -0.4 is 0 Å².